The van der Waals surface area contributed by atoms with Crippen LogP contribution >= 0.6 is 0 Å². The van der Waals surface area contributed by atoms with Crippen LogP contribution in [0.25, 0.3) is 0 Å². The molecule has 2 N–H and O–H groups in total. The average Bonchev–Trinajstić information content (AvgIpc) is 2.47. The van der Waals surface area contributed by atoms with E-state index in [9.17, 15) is 14.9 Å². The van der Waals surface area contributed by atoms with Crippen LogP contribution in [0.2, 0.25) is 0 Å². The van der Waals surface area contributed by atoms with Gasteiger partial charge < -0.3 is 15.4 Å². The van der Waals surface area contributed by atoms with Crippen molar-refractivity contribution in [3.8, 4) is 0 Å². The van der Waals surface area contributed by atoms with Gasteiger partial charge in [0.05, 0.1) is 4.92 Å². The predicted octanol–water partition coefficient (Wildman–Crippen LogP) is 4.15. The molecule has 1 aromatic rings. The molecule has 0 radical (unpaired) electrons. The van der Waals surface area contributed by atoms with Crippen molar-refractivity contribution in [3.63, 3.8) is 0 Å². The van der Waals surface area contributed by atoms with Crippen molar-refractivity contribution in [1.82, 2.24) is 5.32 Å². The third kappa shape index (κ3) is 5.92. The van der Waals surface area contributed by atoms with Gasteiger partial charge in [-0.25, -0.2) is 4.79 Å². The average molecular weight is 349 g/mol. The molecule has 2 atom stereocenters. The van der Waals surface area contributed by atoms with Crippen LogP contribution in [-0.4, -0.2) is 28.7 Å². The van der Waals surface area contributed by atoms with Gasteiger partial charge in [-0.15, -0.1) is 0 Å². The molecule has 0 bridgehead atoms. The van der Waals surface area contributed by atoms with Crippen molar-refractivity contribution in [2.75, 3.05) is 5.32 Å². The lowest BCUT2D eigenvalue weighted by atomic mass is 9.91. The number of hydrogen-bond acceptors (Lipinski definition) is 5. The summed E-state index contributed by atoms with van der Waals surface area (Å²) in [7, 11) is 0. The Kier molecular flexibility index (Phi) is 5.87. The Morgan fingerprint density at radius 1 is 1.28 bits per heavy atom. The van der Waals surface area contributed by atoms with E-state index < -0.39 is 11.7 Å². The van der Waals surface area contributed by atoms with E-state index in [1.807, 2.05) is 26.8 Å². The minimum absolute atomic E-state index is 0.0431. The number of nitro groups is 1. The quantitative estimate of drug-likeness (QED) is 0.629. The van der Waals surface area contributed by atoms with Gasteiger partial charge in [-0.3, -0.25) is 10.1 Å². The van der Waals surface area contributed by atoms with E-state index in [2.05, 4.69) is 10.6 Å². The van der Waals surface area contributed by atoms with Gasteiger partial charge >= 0.3 is 6.09 Å². The number of hydrogen-bond donors (Lipinski definition) is 2. The van der Waals surface area contributed by atoms with E-state index in [-0.39, 0.29) is 22.7 Å². The fraction of sp³-hybridized carbons (Fsp3) is 0.611. The van der Waals surface area contributed by atoms with Crippen LogP contribution in [0.15, 0.2) is 18.2 Å². The fourth-order valence-electron chi connectivity index (χ4n) is 3.06. The maximum Gasteiger partial charge on any atom is 0.407 e. The van der Waals surface area contributed by atoms with Crippen LogP contribution in [0, 0.1) is 17.0 Å². The van der Waals surface area contributed by atoms with Gasteiger partial charge in [0.1, 0.15) is 5.60 Å². The number of aryl methyl sites for hydroxylation is 1. The molecular formula is C18H27N3O4. The molecule has 25 heavy (non-hydrogen) atoms. The summed E-state index contributed by atoms with van der Waals surface area (Å²) in [6.07, 6.45) is 3.22. The molecule has 0 spiro atoms. The lowest BCUT2D eigenvalue weighted by Crippen LogP contribution is -2.43. The number of benzene rings is 1. The fourth-order valence-corrected chi connectivity index (χ4v) is 3.06. The SMILES string of the molecule is Cc1ccc(NC2CCCC(NC(=O)OC(C)(C)C)C2)cc1[N+](=O)[O-]. The lowest BCUT2D eigenvalue weighted by Gasteiger charge is -2.31. The first kappa shape index (κ1) is 19.0. The number of ether oxygens (including phenoxy) is 1. The van der Waals surface area contributed by atoms with Gasteiger partial charge in [-0.2, -0.15) is 0 Å². The van der Waals surface area contributed by atoms with Gasteiger partial charge in [0.15, 0.2) is 0 Å². The first-order chi connectivity index (χ1) is 11.6. The summed E-state index contributed by atoms with van der Waals surface area (Å²) in [6, 6.07) is 5.38. The number of alkyl carbamates (subject to hydrolysis) is 1. The molecule has 0 aliphatic heterocycles. The van der Waals surface area contributed by atoms with Gasteiger partial charge in [-0.05, 0) is 59.4 Å². The van der Waals surface area contributed by atoms with Crippen LogP contribution in [-0.2, 0) is 4.74 Å². The molecule has 138 valence electrons. The van der Waals surface area contributed by atoms with Crippen LogP contribution in [0.3, 0.4) is 0 Å². The Bertz CT molecular complexity index is 640. The second-order valence-corrected chi connectivity index (χ2v) is 7.61. The first-order valence-electron chi connectivity index (χ1n) is 8.65. The Morgan fingerprint density at radius 2 is 1.96 bits per heavy atom. The van der Waals surface area contributed by atoms with Crippen LogP contribution < -0.4 is 10.6 Å². The highest BCUT2D eigenvalue weighted by atomic mass is 16.6. The molecule has 1 aromatic carbocycles. The van der Waals surface area contributed by atoms with Gasteiger partial charge in [0, 0.05) is 29.4 Å². The van der Waals surface area contributed by atoms with Crippen molar-refractivity contribution in [2.24, 2.45) is 0 Å². The number of anilines is 1. The first-order valence-corrected chi connectivity index (χ1v) is 8.65. The second-order valence-electron chi connectivity index (χ2n) is 7.61. The highest BCUT2D eigenvalue weighted by Crippen LogP contribution is 2.26. The molecule has 1 amide bonds. The summed E-state index contributed by atoms with van der Waals surface area (Å²) < 4.78 is 5.30. The number of rotatable bonds is 4. The highest BCUT2D eigenvalue weighted by Gasteiger charge is 2.25. The summed E-state index contributed by atoms with van der Waals surface area (Å²) in [5.74, 6) is 0. The molecule has 0 saturated heterocycles. The van der Waals surface area contributed by atoms with Gasteiger partial charge in [0.25, 0.3) is 5.69 Å². The Labute approximate surface area is 148 Å². The third-order valence-corrected chi connectivity index (χ3v) is 4.17. The van der Waals surface area contributed by atoms with Crippen LogP contribution in [0.5, 0.6) is 0 Å². The van der Waals surface area contributed by atoms with E-state index in [0.29, 0.717) is 5.56 Å². The van der Waals surface area contributed by atoms with E-state index in [1.54, 1.807) is 19.1 Å². The molecular weight excluding hydrogens is 322 g/mol. The number of carbonyl (C=O) groups is 1. The minimum atomic E-state index is -0.517. The zero-order chi connectivity index (χ0) is 18.6. The maximum absolute atomic E-state index is 11.9. The van der Waals surface area contributed by atoms with E-state index in [0.717, 1.165) is 31.4 Å². The molecule has 0 aromatic heterocycles. The van der Waals surface area contributed by atoms with Crippen molar-refractivity contribution >= 4 is 17.5 Å². The highest BCUT2D eigenvalue weighted by molar-refractivity contribution is 5.68. The molecule has 1 aliphatic rings. The molecule has 7 heteroatoms. The third-order valence-electron chi connectivity index (χ3n) is 4.17. The Hall–Kier alpha value is -2.31. The van der Waals surface area contributed by atoms with Crippen molar-refractivity contribution < 1.29 is 14.5 Å². The van der Waals surface area contributed by atoms with Gasteiger partial charge in [0.2, 0.25) is 0 Å². The monoisotopic (exact) mass is 349 g/mol. The zero-order valence-corrected chi connectivity index (χ0v) is 15.3. The number of nitro benzene ring substituents is 1. The molecule has 1 fully saturated rings. The summed E-state index contributed by atoms with van der Waals surface area (Å²) in [6.45, 7) is 7.23. The van der Waals surface area contributed by atoms with Crippen molar-refractivity contribution in [3.05, 3.63) is 33.9 Å². The lowest BCUT2D eigenvalue weighted by molar-refractivity contribution is -0.385. The van der Waals surface area contributed by atoms with Crippen molar-refractivity contribution in [2.45, 2.75) is 71.1 Å². The van der Waals surface area contributed by atoms with E-state index >= 15 is 0 Å². The largest absolute Gasteiger partial charge is 0.444 e. The topological polar surface area (TPSA) is 93.5 Å². The normalized spacial score (nSPS) is 20.6. The molecule has 7 nitrogen and oxygen atoms in total. The molecule has 2 rings (SSSR count). The van der Waals surface area contributed by atoms with E-state index in [1.165, 1.54) is 0 Å². The standard InChI is InChI=1S/C18H27N3O4/c1-12-8-9-15(11-16(12)21(23)24)19-13-6-5-7-14(10-13)20-17(22)25-18(2,3)4/h8-9,11,13-14,19H,5-7,10H2,1-4H3,(H,20,22). The molecule has 2 unspecified atom stereocenters. The Morgan fingerprint density at radius 3 is 2.60 bits per heavy atom. The van der Waals surface area contributed by atoms with Gasteiger partial charge in [-0.1, -0.05) is 6.07 Å². The maximum atomic E-state index is 11.9. The van der Waals surface area contributed by atoms with Crippen LogP contribution in [0.1, 0.15) is 52.0 Å². The number of amides is 1. The predicted molar refractivity (Wildman–Crippen MR) is 96.9 cm³/mol. The van der Waals surface area contributed by atoms with Crippen LogP contribution in [0.4, 0.5) is 16.2 Å². The Balaban J connectivity index is 1.94. The summed E-state index contributed by atoms with van der Waals surface area (Å²) in [5.41, 5.74) is 0.977. The minimum Gasteiger partial charge on any atom is -0.444 e. The van der Waals surface area contributed by atoms with Crippen molar-refractivity contribution in [1.29, 1.82) is 0 Å². The summed E-state index contributed by atoms with van der Waals surface area (Å²) in [5, 5.41) is 17.3. The molecule has 0 heterocycles. The second kappa shape index (κ2) is 7.72. The summed E-state index contributed by atoms with van der Waals surface area (Å²) in [4.78, 5) is 22.6. The van der Waals surface area contributed by atoms with E-state index in [4.69, 9.17) is 4.74 Å². The zero-order valence-electron chi connectivity index (χ0n) is 15.3. The molecule has 1 saturated carbocycles. The summed E-state index contributed by atoms with van der Waals surface area (Å²) >= 11 is 0. The smallest absolute Gasteiger partial charge is 0.407 e. The number of carbonyl (C=O) groups excluding carboxylic acids is 1. The number of nitrogens with zero attached hydrogens (tertiary/aromatic N) is 1. The molecule has 1 aliphatic carbocycles. The number of nitrogens with one attached hydrogen (secondary N) is 2.